The van der Waals surface area contributed by atoms with Crippen molar-refractivity contribution in [2.24, 2.45) is 0 Å². The van der Waals surface area contributed by atoms with Gasteiger partial charge in [-0.25, -0.2) is 4.98 Å². The van der Waals surface area contributed by atoms with Gasteiger partial charge in [-0.05, 0) is 19.1 Å². The van der Waals surface area contributed by atoms with E-state index in [1.54, 1.807) is 18.3 Å². The van der Waals surface area contributed by atoms with Crippen LogP contribution in [0.15, 0.2) is 18.3 Å². The first-order valence-corrected chi connectivity index (χ1v) is 5.50. The molecule has 0 unspecified atom stereocenters. The molecule has 0 saturated heterocycles. The van der Waals surface area contributed by atoms with Crippen molar-refractivity contribution in [2.75, 3.05) is 11.9 Å². The number of carbonyl (C=O) groups excluding carboxylic acids is 1. The van der Waals surface area contributed by atoms with Crippen LogP contribution in [0.1, 0.15) is 23.1 Å². The number of nitrogens with zero attached hydrogens (tertiary/aromatic N) is 4. The minimum atomic E-state index is -0.233. The van der Waals surface area contributed by atoms with Crippen molar-refractivity contribution in [3.63, 3.8) is 0 Å². The highest BCUT2D eigenvalue weighted by Crippen LogP contribution is 2.10. The number of hydrogen-bond donors (Lipinski definition) is 3. The van der Waals surface area contributed by atoms with Crippen LogP contribution in [0, 0.1) is 0 Å². The Kier molecular flexibility index (Phi) is 3.79. The SMILES string of the molecule is CCNc1ncccc1C(=O)NCc1nn[nH]n1. The molecule has 94 valence electrons. The first-order valence-electron chi connectivity index (χ1n) is 5.50. The molecule has 8 heteroatoms. The van der Waals surface area contributed by atoms with E-state index in [1.165, 1.54) is 0 Å². The molecule has 8 nitrogen and oxygen atoms in total. The fourth-order valence-electron chi connectivity index (χ4n) is 1.41. The number of carbonyl (C=O) groups is 1. The predicted octanol–water partition coefficient (Wildman–Crippen LogP) is -0.0435. The third-order valence-corrected chi connectivity index (χ3v) is 2.19. The Balaban J connectivity index is 2.04. The monoisotopic (exact) mass is 247 g/mol. The number of aromatic nitrogens is 5. The highest BCUT2D eigenvalue weighted by molar-refractivity contribution is 5.98. The molecule has 0 saturated carbocycles. The van der Waals surface area contributed by atoms with E-state index in [0.29, 0.717) is 23.8 Å². The Hall–Kier alpha value is -2.51. The largest absolute Gasteiger partial charge is 0.370 e. The summed E-state index contributed by atoms with van der Waals surface area (Å²) in [5.74, 6) is 0.756. The summed E-state index contributed by atoms with van der Waals surface area (Å²) in [6, 6.07) is 3.42. The summed E-state index contributed by atoms with van der Waals surface area (Å²) in [5, 5.41) is 18.9. The molecule has 0 aliphatic heterocycles. The van der Waals surface area contributed by atoms with E-state index in [0.717, 1.165) is 0 Å². The van der Waals surface area contributed by atoms with Crippen LogP contribution < -0.4 is 10.6 Å². The molecule has 0 fully saturated rings. The Morgan fingerprint density at radius 3 is 3.11 bits per heavy atom. The quantitative estimate of drug-likeness (QED) is 0.684. The van der Waals surface area contributed by atoms with Crippen LogP contribution in [-0.4, -0.2) is 38.1 Å². The Morgan fingerprint density at radius 1 is 1.50 bits per heavy atom. The van der Waals surface area contributed by atoms with Crippen LogP contribution in [0.2, 0.25) is 0 Å². The third kappa shape index (κ3) is 2.78. The van der Waals surface area contributed by atoms with Gasteiger partial charge in [-0.15, -0.1) is 10.2 Å². The van der Waals surface area contributed by atoms with Gasteiger partial charge in [-0.3, -0.25) is 4.79 Å². The second-order valence-corrected chi connectivity index (χ2v) is 3.44. The van der Waals surface area contributed by atoms with Gasteiger partial charge < -0.3 is 10.6 Å². The van der Waals surface area contributed by atoms with Gasteiger partial charge in [-0.2, -0.15) is 5.21 Å². The average molecular weight is 247 g/mol. The molecule has 3 N–H and O–H groups in total. The van der Waals surface area contributed by atoms with Crippen LogP contribution in [0.25, 0.3) is 0 Å². The van der Waals surface area contributed by atoms with Gasteiger partial charge in [0, 0.05) is 12.7 Å². The number of H-pyrrole nitrogens is 1. The molecule has 2 aromatic heterocycles. The first-order chi connectivity index (χ1) is 8.81. The van der Waals surface area contributed by atoms with E-state index < -0.39 is 0 Å². The average Bonchev–Trinajstić information content (AvgIpc) is 2.90. The molecule has 2 rings (SSSR count). The Labute approximate surface area is 103 Å². The number of aromatic amines is 1. The maximum atomic E-state index is 12.0. The van der Waals surface area contributed by atoms with E-state index in [1.807, 2.05) is 6.92 Å². The van der Waals surface area contributed by atoms with Crippen LogP contribution in [0.3, 0.4) is 0 Å². The molecule has 0 aliphatic rings. The van der Waals surface area contributed by atoms with Crippen molar-refractivity contribution >= 4 is 11.7 Å². The zero-order valence-electron chi connectivity index (χ0n) is 9.84. The van der Waals surface area contributed by atoms with Crippen molar-refractivity contribution in [3.8, 4) is 0 Å². The van der Waals surface area contributed by atoms with Gasteiger partial charge in [0.2, 0.25) is 0 Å². The number of nitrogens with one attached hydrogen (secondary N) is 3. The van der Waals surface area contributed by atoms with Crippen molar-refractivity contribution in [3.05, 3.63) is 29.7 Å². The lowest BCUT2D eigenvalue weighted by Gasteiger charge is -2.08. The molecule has 18 heavy (non-hydrogen) atoms. The Bertz CT molecular complexity index is 511. The van der Waals surface area contributed by atoms with Crippen molar-refractivity contribution < 1.29 is 4.79 Å². The number of tetrazole rings is 1. The zero-order chi connectivity index (χ0) is 12.8. The number of pyridine rings is 1. The molecule has 0 bridgehead atoms. The van der Waals surface area contributed by atoms with E-state index in [2.05, 4.69) is 36.2 Å². The predicted molar refractivity (Wildman–Crippen MR) is 63.7 cm³/mol. The first kappa shape index (κ1) is 12.0. The van der Waals surface area contributed by atoms with Crippen LogP contribution >= 0.6 is 0 Å². The molecule has 2 heterocycles. The van der Waals surface area contributed by atoms with Gasteiger partial charge in [0.05, 0.1) is 12.1 Å². The minimum Gasteiger partial charge on any atom is -0.370 e. The molecular formula is C10H13N7O. The van der Waals surface area contributed by atoms with E-state index in [4.69, 9.17) is 0 Å². The van der Waals surface area contributed by atoms with Crippen molar-refractivity contribution in [1.29, 1.82) is 0 Å². The summed E-state index contributed by atoms with van der Waals surface area (Å²) in [6.07, 6.45) is 1.63. The van der Waals surface area contributed by atoms with Gasteiger partial charge in [0.15, 0.2) is 5.82 Å². The summed E-state index contributed by atoms with van der Waals surface area (Å²) in [4.78, 5) is 16.1. The summed E-state index contributed by atoms with van der Waals surface area (Å²) < 4.78 is 0. The van der Waals surface area contributed by atoms with Crippen LogP contribution in [-0.2, 0) is 6.54 Å². The summed E-state index contributed by atoms with van der Waals surface area (Å²) >= 11 is 0. The highest BCUT2D eigenvalue weighted by Gasteiger charge is 2.11. The van der Waals surface area contributed by atoms with E-state index in [-0.39, 0.29) is 12.5 Å². The standard InChI is InChI=1S/C10H13N7O/c1-2-11-9-7(4-3-5-12-9)10(18)13-6-8-14-16-17-15-8/h3-5H,2,6H2,1H3,(H,11,12)(H,13,18)(H,14,15,16,17). The fraction of sp³-hybridized carbons (Fsp3) is 0.300. The maximum Gasteiger partial charge on any atom is 0.255 e. The molecule has 0 spiro atoms. The normalized spacial score (nSPS) is 10.1. The summed E-state index contributed by atoms with van der Waals surface area (Å²) in [5.41, 5.74) is 0.489. The number of anilines is 1. The number of hydrogen-bond acceptors (Lipinski definition) is 6. The van der Waals surface area contributed by atoms with Gasteiger partial charge in [-0.1, -0.05) is 5.21 Å². The maximum absolute atomic E-state index is 12.0. The molecular weight excluding hydrogens is 234 g/mol. The van der Waals surface area contributed by atoms with Gasteiger partial charge in [0.1, 0.15) is 5.82 Å². The fourth-order valence-corrected chi connectivity index (χ4v) is 1.41. The smallest absolute Gasteiger partial charge is 0.255 e. The second kappa shape index (κ2) is 5.71. The summed E-state index contributed by atoms with van der Waals surface area (Å²) in [7, 11) is 0. The molecule has 2 aromatic rings. The van der Waals surface area contributed by atoms with E-state index >= 15 is 0 Å². The minimum absolute atomic E-state index is 0.218. The third-order valence-electron chi connectivity index (χ3n) is 2.19. The van der Waals surface area contributed by atoms with Gasteiger partial charge in [0.25, 0.3) is 5.91 Å². The highest BCUT2D eigenvalue weighted by atomic mass is 16.1. The summed E-state index contributed by atoms with van der Waals surface area (Å²) in [6.45, 7) is 2.85. The Morgan fingerprint density at radius 2 is 2.39 bits per heavy atom. The molecule has 0 aliphatic carbocycles. The van der Waals surface area contributed by atoms with Crippen molar-refractivity contribution in [2.45, 2.75) is 13.5 Å². The lowest BCUT2D eigenvalue weighted by Crippen LogP contribution is -2.25. The topological polar surface area (TPSA) is 108 Å². The van der Waals surface area contributed by atoms with Crippen molar-refractivity contribution in [1.82, 2.24) is 30.9 Å². The number of rotatable bonds is 5. The molecule has 0 radical (unpaired) electrons. The van der Waals surface area contributed by atoms with Crippen LogP contribution in [0.4, 0.5) is 5.82 Å². The van der Waals surface area contributed by atoms with E-state index in [9.17, 15) is 4.79 Å². The molecule has 0 atom stereocenters. The zero-order valence-corrected chi connectivity index (χ0v) is 9.84. The molecule has 1 amide bonds. The van der Waals surface area contributed by atoms with Gasteiger partial charge >= 0.3 is 0 Å². The molecule has 0 aromatic carbocycles. The second-order valence-electron chi connectivity index (χ2n) is 3.44. The number of amides is 1. The lowest BCUT2D eigenvalue weighted by atomic mass is 10.2. The van der Waals surface area contributed by atoms with Crippen LogP contribution in [0.5, 0.6) is 0 Å². The lowest BCUT2D eigenvalue weighted by molar-refractivity contribution is 0.0950.